The Bertz CT molecular complexity index is 662. The van der Waals surface area contributed by atoms with Crippen molar-refractivity contribution in [2.24, 2.45) is 0 Å². The SMILES string of the molecule is CCOC(=O)c1c(NC(C)=O)ccn1-c1ccc(Cl)cc1. The maximum atomic E-state index is 12.1. The maximum absolute atomic E-state index is 12.1. The summed E-state index contributed by atoms with van der Waals surface area (Å²) < 4.78 is 6.71. The molecule has 0 bridgehead atoms. The number of hydrogen-bond donors (Lipinski definition) is 1. The van der Waals surface area contributed by atoms with Crippen molar-refractivity contribution in [3.63, 3.8) is 0 Å². The van der Waals surface area contributed by atoms with Gasteiger partial charge in [-0.1, -0.05) is 11.6 Å². The molecule has 1 aromatic heterocycles. The Hall–Kier alpha value is -2.27. The lowest BCUT2D eigenvalue weighted by molar-refractivity contribution is -0.114. The van der Waals surface area contributed by atoms with Crippen LogP contribution in [0.25, 0.3) is 5.69 Å². The first kappa shape index (κ1) is 15.1. The molecule has 0 aliphatic carbocycles. The van der Waals surface area contributed by atoms with E-state index < -0.39 is 5.97 Å². The Morgan fingerprint density at radius 2 is 1.90 bits per heavy atom. The summed E-state index contributed by atoms with van der Waals surface area (Å²) in [6.45, 7) is 3.37. The number of amides is 1. The molecule has 21 heavy (non-hydrogen) atoms. The number of benzene rings is 1. The number of nitrogens with zero attached hydrogens (tertiary/aromatic N) is 1. The van der Waals surface area contributed by atoms with Crippen LogP contribution in [-0.2, 0) is 9.53 Å². The standard InChI is InChI=1S/C15H15ClN2O3/c1-3-21-15(20)14-13(17-10(2)19)8-9-18(14)12-6-4-11(16)5-7-12/h4-9H,3H2,1-2H3,(H,17,19). The van der Waals surface area contributed by atoms with E-state index in [1.807, 2.05) is 0 Å². The van der Waals surface area contributed by atoms with E-state index in [2.05, 4.69) is 5.32 Å². The van der Waals surface area contributed by atoms with Crippen molar-refractivity contribution in [3.8, 4) is 5.69 Å². The van der Waals surface area contributed by atoms with E-state index in [1.165, 1.54) is 6.92 Å². The molecule has 5 nitrogen and oxygen atoms in total. The highest BCUT2D eigenvalue weighted by Crippen LogP contribution is 2.24. The van der Waals surface area contributed by atoms with Gasteiger partial charge < -0.3 is 14.6 Å². The van der Waals surface area contributed by atoms with Gasteiger partial charge in [-0.2, -0.15) is 0 Å². The molecule has 0 aliphatic heterocycles. The van der Waals surface area contributed by atoms with E-state index in [0.29, 0.717) is 10.7 Å². The molecule has 0 spiro atoms. The van der Waals surface area contributed by atoms with E-state index >= 15 is 0 Å². The summed E-state index contributed by atoms with van der Waals surface area (Å²) >= 11 is 5.87. The Kier molecular flexibility index (Phi) is 4.65. The number of anilines is 1. The van der Waals surface area contributed by atoms with Crippen molar-refractivity contribution in [2.75, 3.05) is 11.9 Å². The smallest absolute Gasteiger partial charge is 0.357 e. The van der Waals surface area contributed by atoms with Crippen molar-refractivity contribution in [1.29, 1.82) is 0 Å². The molecule has 0 saturated carbocycles. The Labute approximate surface area is 127 Å². The molecule has 0 aliphatic rings. The lowest BCUT2D eigenvalue weighted by Crippen LogP contribution is -2.15. The quantitative estimate of drug-likeness (QED) is 0.882. The zero-order valence-electron chi connectivity index (χ0n) is 11.7. The molecule has 6 heteroatoms. The van der Waals surface area contributed by atoms with Gasteiger partial charge in [0.25, 0.3) is 0 Å². The number of ether oxygens (including phenoxy) is 1. The number of esters is 1. The molecule has 1 amide bonds. The molecule has 1 aromatic carbocycles. The van der Waals surface area contributed by atoms with Gasteiger partial charge in [0.15, 0.2) is 5.69 Å². The molecule has 0 radical (unpaired) electrons. The van der Waals surface area contributed by atoms with Crippen LogP contribution in [0.4, 0.5) is 5.69 Å². The lowest BCUT2D eigenvalue weighted by Gasteiger charge is -2.11. The van der Waals surface area contributed by atoms with Crippen LogP contribution < -0.4 is 5.32 Å². The van der Waals surface area contributed by atoms with Gasteiger partial charge >= 0.3 is 5.97 Å². The van der Waals surface area contributed by atoms with Gasteiger partial charge in [-0.25, -0.2) is 4.79 Å². The first-order valence-corrected chi connectivity index (χ1v) is 6.82. The monoisotopic (exact) mass is 306 g/mol. The zero-order valence-corrected chi connectivity index (χ0v) is 12.5. The van der Waals surface area contributed by atoms with Crippen LogP contribution in [0.2, 0.25) is 5.02 Å². The molecular formula is C15H15ClN2O3. The normalized spacial score (nSPS) is 10.2. The second-order valence-corrected chi connectivity index (χ2v) is 4.76. The van der Waals surface area contributed by atoms with Crippen LogP contribution >= 0.6 is 11.6 Å². The van der Waals surface area contributed by atoms with Crippen LogP contribution in [0.3, 0.4) is 0 Å². The van der Waals surface area contributed by atoms with E-state index in [0.717, 1.165) is 5.69 Å². The highest BCUT2D eigenvalue weighted by atomic mass is 35.5. The van der Waals surface area contributed by atoms with Crippen molar-refractivity contribution in [1.82, 2.24) is 4.57 Å². The van der Waals surface area contributed by atoms with Crippen LogP contribution in [0.1, 0.15) is 24.3 Å². The number of hydrogen-bond acceptors (Lipinski definition) is 3. The Balaban J connectivity index is 2.49. The highest BCUT2D eigenvalue weighted by molar-refractivity contribution is 6.30. The minimum atomic E-state index is -0.499. The van der Waals surface area contributed by atoms with Gasteiger partial charge in [0.2, 0.25) is 5.91 Å². The molecule has 2 aromatic rings. The van der Waals surface area contributed by atoms with Crippen molar-refractivity contribution < 1.29 is 14.3 Å². The summed E-state index contributed by atoms with van der Waals surface area (Å²) in [5.74, 6) is -0.754. The number of carbonyl (C=O) groups is 2. The van der Waals surface area contributed by atoms with E-state index in [1.54, 1.807) is 48.0 Å². The van der Waals surface area contributed by atoms with Crippen LogP contribution in [0.15, 0.2) is 36.5 Å². The molecule has 0 atom stereocenters. The minimum absolute atomic E-state index is 0.254. The van der Waals surface area contributed by atoms with E-state index in [4.69, 9.17) is 16.3 Å². The average Bonchev–Trinajstić information content (AvgIpc) is 2.82. The second-order valence-electron chi connectivity index (χ2n) is 4.33. The third kappa shape index (κ3) is 3.44. The molecule has 1 heterocycles. The van der Waals surface area contributed by atoms with Crippen LogP contribution in [0.5, 0.6) is 0 Å². The summed E-state index contributed by atoms with van der Waals surface area (Å²) in [5.41, 5.74) is 1.43. The van der Waals surface area contributed by atoms with Gasteiger partial charge in [0.05, 0.1) is 12.3 Å². The predicted octanol–water partition coefficient (Wildman–Crippen LogP) is 3.27. The molecule has 1 N–H and O–H groups in total. The number of halogens is 1. The number of rotatable bonds is 4. The summed E-state index contributed by atoms with van der Waals surface area (Å²) in [6, 6.07) is 8.67. The van der Waals surface area contributed by atoms with Gasteiger partial charge in [-0.15, -0.1) is 0 Å². The van der Waals surface area contributed by atoms with Gasteiger partial charge in [-0.3, -0.25) is 4.79 Å². The van der Waals surface area contributed by atoms with Gasteiger partial charge in [-0.05, 0) is 37.3 Å². The average molecular weight is 307 g/mol. The molecule has 0 fully saturated rings. The van der Waals surface area contributed by atoms with Crippen LogP contribution in [0, 0.1) is 0 Å². The second kappa shape index (κ2) is 6.45. The first-order chi connectivity index (χ1) is 10.0. The number of carbonyl (C=O) groups excluding carboxylic acids is 2. The van der Waals surface area contributed by atoms with Gasteiger partial charge in [0.1, 0.15) is 0 Å². The third-order valence-corrected chi connectivity index (χ3v) is 3.02. The fourth-order valence-corrected chi connectivity index (χ4v) is 2.07. The fraction of sp³-hybridized carbons (Fsp3) is 0.200. The van der Waals surface area contributed by atoms with Crippen molar-refractivity contribution in [3.05, 3.63) is 47.2 Å². The molecule has 110 valence electrons. The fourth-order valence-electron chi connectivity index (χ4n) is 1.95. The van der Waals surface area contributed by atoms with Crippen LogP contribution in [-0.4, -0.2) is 23.1 Å². The number of aromatic nitrogens is 1. The molecule has 2 rings (SSSR count). The summed E-state index contributed by atoms with van der Waals surface area (Å²) in [4.78, 5) is 23.4. The summed E-state index contributed by atoms with van der Waals surface area (Å²) in [7, 11) is 0. The largest absolute Gasteiger partial charge is 0.461 e. The Morgan fingerprint density at radius 3 is 2.48 bits per heavy atom. The lowest BCUT2D eigenvalue weighted by atomic mass is 10.3. The molecular weight excluding hydrogens is 292 g/mol. The third-order valence-electron chi connectivity index (χ3n) is 2.77. The maximum Gasteiger partial charge on any atom is 0.357 e. The van der Waals surface area contributed by atoms with Crippen molar-refractivity contribution >= 4 is 29.2 Å². The topological polar surface area (TPSA) is 60.3 Å². The molecule has 0 unspecified atom stereocenters. The van der Waals surface area contributed by atoms with Gasteiger partial charge in [0, 0.05) is 23.8 Å². The first-order valence-electron chi connectivity index (χ1n) is 6.45. The number of nitrogens with one attached hydrogen (secondary N) is 1. The summed E-state index contributed by atoms with van der Waals surface area (Å²) in [5, 5.41) is 3.23. The summed E-state index contributed by atoms with van der Waals surface area (Å²) in [6.07, 6.45) is 1.70. The van der Waals surface area contributed by atoms with E-state index in [-0.39, 0.29) is 18.2 Å². The Morgan fingerprint density at radius 1 is 1.24 bits per heavy atom. The zero-order chi connectivity index (χ0) is 15.4. The van der Waals surface area contributed by atoms with Crippen molar-refractivity contribution in [2.45, 2.75) is 13.8 Å². The minimum Gasteiger partial charge on any atom is -0.461 e. The van der Waals surface area contributed by atoms with E-state index in [9.17, 15) is 9.59 Å². The molecule has 0 saturated heterocycles. The highest BCUT2D eigenvalue weighted by Gasteiger charge is 2.20. The predicted molar refractivity (Wildman–Crippen MR) is 81.0 cm³/mol.